The number of hydrogen-bond donors (Lipinski definition) is 0. The monoisotopic (exact) mass is 324 g/mol. The largest absolute Gasteiger partial charge is 0.369 e. The van der Waals surface area contributed by atoms with Crippen LogP contribution in [0.5, 0.6) is 0 Å². The highest BCUT2D eigenvalue weighted by atomic mass is 79.9. The molecule has 0 aromatic heterocycles. The van der Waals surface area contributed by atoms with E-state index in [0.717, 1.165) is 6.42 Å². The van der Waals surface area contributed by atoms with Crippen LogP contribution in [0.25, 0.3) is 0 Å². The third-order valence-electron chi connectivity index (χ3n) is 4.18. The second kappa shape index (κ2) is 6.27. The van der Waals surface area contributed by atoms with Gasteiger partial charge in [-0.1, -0.05) is 22.9 Å². The first-order chi connectivity index (χ1) is 9.02. The summed E-state index contributed by atoms with van der Waals surface area (Å²) < 4.78 is 1.19. The van der Waals surface area contributed by atoms with Gasteiger partial charge in [0.15, 0.2) is 0 Å². The van der Waals surface area contributed by atoms with Crippen LogP contribution in [0.2, 0.25) is 0 Å². The molecule has 0 saturated carbocycles. The predicted molar refractivity (Wildman–Crippen MR) is 86.9 cm³/mol. The highest BCUT2D eigenvalue weighted by molar-refractivity contribution is 9.10. The van der Waals surface area contributed by atoms with Gasteiger partial charge in [-0.2, -0.15) is 0 Å². The second-order valence-electron chi connectivity index (χ2n) is 5.82. The molecule has 0 amide bonds. The van der Waals surface area contributed by atoms with Crippen molar-refractivity contribution in [3.05, 3.63) is 28.2 Å². The van der Waals surface area contributed by atoms with Crippen LogP contribution in [0, 0.1) is 0 Å². The van der Waals surface area contributed by atoms with Crippen LogP contribution in [0.3, 0.4) is 0 Å². The van der Waals surface area contributed by atoms with E-state index in [-0.39, 0.29) is 0 Å². The first kappa shape index (κ1) is 14.9. The van der Waals surface area contributed by atoms with Crippen molar-refractivity contribution < 1.29 is 0 Å². The lowest BCUT2D eigenvalue weighted by Crippen LogP contribution is -2.27. The van der Waals surface area contributed by atoms with Gasteiger partial charge in [0.25, 0.3) is 0 Å². The van der Waals surface area contributed by atoms with Gasteiger partial charge in [0.1, 0.15) is 0 Å². The van der Waals surface area contributed by atoms with Crippen LogP contribution in [0.15, 0.2) is 22.7 Å². The van der Waals surface area contributed by atoms with Crippen molar-refractivity contribution in [2.75, 3.05) is 25.5 Å². The molecule has 19 heavy (non-hydrogen) atoms. The fourth-order valence-electron chi connectivity index (χ4n) is 3.17. The Morgan fingerprint density at radius 3 is 2.63 bits per heavy atom. The summed E-state index contributed by atoms with van der Waals surface area (Å²) in [4.78, 5) is 4.84. The molecule has 1 aliphatic rings. The van der Waals surface area contributed by atoms with Gasteiger partial charge < -0.3 is 9.80 Å². The molecule has 1 unspecified atom stereocenters. The Kier molecular flexibility index (Phi) is 4.91. The number of nitrogens with zero attached hydrogens (tertiary/aromatic N) is 2. The molecular formula is C16H25BrN2. The highest BCUT2D eigenvalue weighted by Crippen LogP contribution is 2.33. The van der Waals surface area contributed by atoms with E-state index in [1.807, 2.05) is 0 Å². The van der Waals surface area contributed by atoms with Gasteiger partial charge in [-0.05, 0) is 64.0 Å². The minimum atomic E-state index is 0.495. The molecule has 1 saturated heterocycles. The molecule has 2 atom stereocenters. The topological polar surface area (TPSA) is 6.48 Å². The van der Waals surface area contributed by atoms with E-state index in [1.54, 1.807) is 0 Å². The van der Waals surface area contributed by atoms with Crippen LogP contribution in [-0.4, -0.2) is 31.6 Å². The Balaban J connectivity index is 2.33. The van der Waals surface area contributed by atoms with E-state index in [0.29, 0.717) is 12.1 Å². The zero-order chi connectivity index (χ0) is 14.0. The van der Waals surface area contributed by atoms with Gasteiger partial charge in [-0.25, -0.2) is 0 Å². The maximum Gasteiger partial charge on any atom is 0.0383 e. The number of halogens is 1. The molecule has 2 nitrogen and oxygen atoms in total. The van der Waals surface area contributed by atoms with Crippen molar-refractivity contribution in [1.29, 1.82) is 0 Å². The number of benzene rings is 1. The van der Waals surface area contributed by atoms with Gasteiger partial charge in [0.05, 0.1) is 0 Å². The second-order valence-corrected chi connectivity index (χ2v) is 6.73. The summed E-state index contributed by atoms with van der Waals surface area (Å²) in [6.07, 6.45) is 3.76. The number of rotatable bonds is 4. The lowest BCUT2D eigenvalue weighted by molar-refractivity contribution is 0.292. The molecule has 0 bridgehead atoms. The molecule has 0 N–H and O–H groups in total. The fourth-order valence-corrected chi connectivity index (χ4v) is 3.67. The van der Waals surface area contributed by atoms with Crippen LogP contribution in [0.4, 0.5) is 5.69 Å². The van der Waals surface area contributed by atoms with Crippen molar-refractivity contribution >= 4 is 21.6 Å². The molecule has 2 rings (SSSR count). The molecule has 1 aromatic rings. The minimum Gasteiger partial charge on any atom is -0.369 e. The van der Waals surface area contributed by atoms with E-state index in [2.05, 4.69) is 71.9 Å². The Hall–Kier alpha value is -0.540. The maximum absolute atomic E-state index is 3.68. The Bertz CT molecular complexity index is 411. The van der Waals surface area contributed by atoms with Crippen molar-refractivity contribution in [3.8, 4) is 0 Å². The van der Waals surface area contributed by atoms with E-state index < -0.39 is 0 Å². The minimum absolute atomic E-state index is 0.495. The fraction of sp³-hybridized carbons (Fsp3) is 0.625. The molecule has 0 spiro atoms. The van der Waals surface area contributed by atoms with Gasteiger partial charge >= 0.3 is 0 Å². The van der Waals surface area contributed by atoms with E-state index in [4.69, 9.17) is 0 Å². The lowest BCUT2D eigenvalue weighted by atomic mass is 10.0. The molecule has 1 aromatic carbocycles. The Morgan fingerprint density at radius 2 is 2.11 bits per heavy atom. The van der Waals surface area contributed by atoms with Crippen molar-refractivity contribution in [3.63, 3.8) is 0 Å². The molecule has 1 fully saturated rings. The standard InChI is InChI=1S/C16H25BrN2/c1-5-16(18(3)4)13-9-14(17)11-15(10-13)19-8-6-7-12(19)2/h9-12,16H,5-8H2,1-4H3/t12-,16?/m1/s1. The predicted octanol–water partition coefficient (Wildman–Crippen LogP) is 4.45. The quantitative estimate of drug-likeness (QED) is 0.807. The summed E-state index contributed by atoms with van der Waals surface area (Å²) in [6.45, 7) is 5.77. The summed E-state index contributed by atoms with van der Waals surface area (Å²) in [5, 5.41) is 0. The zero-order valence-corrected chi connectivity index (χ0v) is 14.1. The summed E-state index contributed by atoms with van der Waals surface area (Å²) in [5.41, 5.74) is 2.78. The third kappa shape index (κ3) is 3.32. The van der Waals surface area contributed by atoms with Crippen molar-refractivity contribution in [2.45, 2.75) is 45.2 Å². The molecule has 3 heteroatoms. The Morgan fingerprint density at radius 1 is 1.37 bits per heavy atom. The molecular weight excluding hydrogens is 300 g/mol. The van der Waals surface area contributed by atoms with Crippen LogP contribution >= 0.6 is 15.9 Å². The van der Waals surface area contributed by atoms with Gasteiger partial charge in [0, 0.05) is 28.8 Å². The first-order valence-electron chi connectivity index (χ1n) is 7.26. The summed E-state index contributed by atoms with van der Waals surface area (Å²) in [7, 11) is 4.32. The number of hydrogen-bond acceptors (Lipinski definition) is 2. The SMILES string of the molecule is CCC(c1cc(Br)cc(N2CCC[C@H]2C)c1)N(C)C. The molecule has 0 aliphatic carbocycles. The maximum atomic E-state index is 3.68. The zero-order valence-electron chi connectivity index (χ0n) is 12.5. The van der Waals surface area contributed by atoms with Gasteiger partial charge in [-0.3, -0.25) is 0 Å². The average molecular weight is 325 g/mol. The smallest absolute Gasteiger partial charge is 0.0383 e. The summed E-state index contributed by atoms with van der Waals surface area (Å²) >= 11 is 3.68. The Labute approximate surface area is 125 Å². The van der Waals surface area contributed by atoms with Crippen LogP contribution < -0.4 is 4.90 Å². The van der Waals surface area contributed by atoms with Crippen molar-refractivity contribution in [2.24, 2.45) is 0 Å². The first-order valence-corrected chi connectivity index (χ1v) is 8.05. The molecule has 0 radical (unpaired) electrons. The highest BCUT2D eigenvalue weighted by Gasteiger charge is 2.22. The van der Waals surface area contributed by atoms with Crippen molar-refractivity contribution in [1.82, 2.24) is 4.90 Å². The number of anilines is 1. The third-order valence-corrected chi connectivity index (χ3v) is 4.64. The molecule has 106 valence electrons. The van der Waals surface area contributed by atoms with E-state index >= 15 is 0 Å². The van der Waals surface area contributed by atoms with Gasteiger partial charge in [-0.15, -0.1) is 0 Å². The van der Waals surface area contributed by atoms with E-state index in [1.165, 1.54) is 35.1 Å². The molecule has 1 heterocycles. The molecule has 1 aliphatic heterocycles. The summed E-state index contributed by atoms with van der Waals surface area (Å²) in [5.74, 6) is 0. The lowest BCUT2D eigenvalue weighted by Gasteiger charge is -2.28. The summed E-state index contributed by atoms with van der Waals surface area (Å²) in [6, 6.07) is 8.06. The average Bonchev–Trinajstić information content (AvgIpc) is 2.75. The normalized spacial score (nSPS) is 21.2. The van der Waals surface area contributed by atoms with Crippen LogP contribution in [-0.2, 0) is 0 Å². The van der Waals surface area contributed by atoms with Crippen LogP contribution in [0.1, 0.15) is 44.7 Å². The van der Waals surface area contributed by atoms with Gasteiger partial charge in [0.2, 0.25) is 0 Å². The van der Waals surface area contributed by atoms with E-state index in [9.17, 15) is 0 Å².